The minimum absolute atomic E-state index is 0.649. The first kappa shape index (κ1) is 10.2. The molecule has 0 saturated carbocycles. The van der Waals surface area contributed by atoms with E-state index < -0.39 is 0 Å². The zero-order chi connectivity index (χ0) is 7.82. The molecule has 0 unspecified atom stereocenters. The maximum absolute atomic E-state index is 5.49. The first-order chi connectivity index (χ1) is 4.77. The van der Waals surface area contributed by atoms with Crippen LogP contribution in [-0.2, 0) is 4.74 Å². The van der Waals surface area contributed by atoms with Crippen LogP contribution in [0.25, 0.3) is 0 Å². The summed E-state index contributed by atoms with van der Waals surface area (Å²) in [5, 5.41) is 0. The lowest BCUT2D eigenvalue weighted by atomic mass is 10.2. The molecule has 0 aromatic carbocycles. The van der Waals surface area contributed by atoms with Crippen LogP contribution in [0.3, 0.4) is 0 Å². The average Bonchev–Trinajstić information content (AvgIpc) is 1.87. The molecule has 1 nitrogen and oxygen atoms in total. The molecule has 0 rings (SSSR count). The summed E-state index contributed by atoms with van der Waals surface area (Å²) in [5.74, 6) is 1.40. The van der Waals surface area contributed by atoms with Gasteiger partial charge in [0.1, 0.15) is 0 Å². The molecule has 0 fully saturated rings. The van der Waals surface area contributed by atoms with Crippen LogP contribution in [0.4, 0.5) is 0 Å². The number of hydrogen-bond acceptors (Lipinski definition) is 1. The van der Waals surface area contributed by atoms with Gasteiger partial charge in [0.25, 0.3) is 0 Å². The van der Waals surface area contributed by atoms with E-state index in [1.807, 2.05) is 0 Å². The molecule has 0 saturated heterocycles. The van der Waals surface area contributed by atoms with E-state index in [0.29, 0.717) is 5.92 Å². The molecule has 0 aromatic heterocycles. The maximum atomic E-state index is 5.49. The van der Waals surface area contributed by atoms with Crippen molar-refractivity contribution in [2.75, 3.05) is 19.1 Å². The number of rotatable bonds is 6. The number of alkyl halides is 1. The van der Waals surface area contributed by atoms with Gasteiger partial charge in [-0.15, -0.1) is 11.6 Å². The Balaban J connectivity index is 2.77. The Bertz CT molecular complexity index is 64.3. The molecule has 0 bridgehead atoms. The van der Waals surface area contributed by atoms with Crippen LogP contribution in [0.1, 0.15) is 26.7 Å². The van der Waals surface area contributed by atoms with E-state index in [1.54, 1.807) is 0 Å². The standard InChI is InChI=1S/C8H17ClO/c1-8(2)7-10-6-4-3-5-9/h8H,3-7H2,1-2H3. The second-order valence-electron chi connectivity index (χ2n) is 2.86. The van der Waals surface area contributed by atoms with Crippen molar-refractivity contribution in [2.24, 2.45) is 5.92 Å². The van der Waals surface area contributed by atoms with E-state index in [4.69, 9.17) is 16.3 Å². The number of ether oxygens (including phenoxy) is 1. The quantitative estimate of drug-likeness (QED) is 0.433. The summed E-state index contributed by atoms with van der Waals surface area (Å²) in [6.45, 7) is 6.05. The van der Waals surface area contributed by atoms with Crippen molar-refractivity contribution in [1.82, 2.24) is 0 Å². The molecule has 0 spiro atoms. The minimum Gasteiger partial charge on any atom is -0.381 e. The van der Waals surface area contributed by atoms with Gasteiger partial charge in [-0.05, 0) is 18.8 Å². The summed E-state index contributed by atoms with van der Waals surface area (Å²) in [7, 11) is 0. The summed E-state index contributed by atoms with van der Waals surface area (Å²) >= 11 is 5.49. The SMILES string of the molecule is CC(C)COCCCCCl. The molecule has 0 aliphatic carbocycles. The first-order valence-corrected chi connectivity index (χ1v) is 4.44. The highest BCUT2D eigenvalue weighted by Gasteiger charge is 1.92. The van der Waals surface area contributed by atoms with Crippen molar-refractivity contribution < 1.29 is 4.74 Å². The Hall–Kier alpha value is 0.250. The van der Waals surface area contributed by atoms with Crippen molar-refractivity contribution >= 4 is 11.6 Å². The van der Waals surface area contributed by atoms with E-state index in [-0.39, 0.29) is 0 Å². The monoisotopic (exact) mass is 164 g/mol. The van der Waals surface area contributed by atoms with Gasteiger partial charge in [0.15, 0.2) is 0 Å². The summed E-state index contributed by atoms with van der Waals surface area (Å²) < 4.78 is 5.34. The van der Waals surface area contributed by atoms with Crippen LogP contribution >= 0.6 is 11.6 Å². The zero-order valence-electron chi connectivity index (χ0n) is 6.90. The largest absolute Gasteiger partial charge is 0.381 e. The Labute approximate surface area is 68.7 Å². The number of hydrogen-bond donors (Lipinski definition) is 0. The highest BCUT2D eigenvalue weighted by Crippen LogP contribution is 1.96. The fourth-order valence-electron chi connectivity index (χ4n) is 0.618. The molecule has 0 atom stereocenters. The van der Waals surface area contributed by atoms with Crippen LogP contribution < -0.4 is 0 Å². The van der Waals surface area contributed by atoms with E-state index in [2.05, 4.69) is 13.8 Å². The molecule has 62 valence electrons. The van der Waals surface area contributed by atoms with Crippen molar-refractivity contribution in [3.63, 3.8) is 0 Å². The van der Waals surface area contributed by atoms with Gasteiger partial charge in [-0.3, -0.25) is 0 Å². The normalized spacial score (nSPS) is 10.8. The average molecular weight is 165 g/mol. The third-order valence-corrected chi connectivity index (χ3v) is 1.39. The van der Waals surface area contributed by atoms with E-state index >= 15 is 0 Å². The fraction of sp³-hybridized carbons (Fsp3) is 1.00. The summed E-state index contributed by atoms with van der Waals surface area (Å²) in [5.41, 5.74) is 0. The topological polar surface area (TPSA) is 9.23 Å². The van der Waals surface area contributed by atoms with E-state index in [9.17, 15) is 0 Å². The second kappa shape index (κ2) is 7.36. The van der Waals surface area contributed by atoms with Crippen molar-refractivity contribution in [1.29, 1.82) is 0 Å². The van der Waals surface area contributed by atoms with Gasteiger partial charge in [0.05, 0.1) is 0 Å². The maximum Gasteiger partial charge on any atom is 0.0488 e. The molecule has 2 heteroatoms. The third-order valence-electron chi connectivity index (χ3n) is 1.12. The molecular weight excluding hydrogens is 148 g/mol. The molecule has 10 heavy (non-hydrogen) atoms. The van der Waals surface area contributed by atoms with Crippen molar-refractivity contribution in [3.8, 4) is 0 Å². The van der Waals surface area contributed by atoms with Gasteiger partial charge in [-0.2, -0.15) is 0 Å². The van der Waals surface area contributed by atoms with Gasteiger partial charge in [-0.1, -0.05) is 13.8 Å². The molecular formula is C8H17ClO. The molecule has 0 N–H and O–H groups in total. The second-order valence-corrected chi connectivity index (χ2v) is 3.24. The number of halogens is 1. The Morgan fingerprint density at radius 3 is 2.50 bits per heavy atom. The van der Waals surface area contributed by atoms with Gasteiger partial charge < -0.3 is 4.74 Å². The van der Waals surface area contributed by atoms with Gasteiger partial charge >= 0.3 is 0 Å². The Morgan fingerprint density at radius 2 is 2.00 bits per heavy atom. The van der Waals surface area contributed by atoms with Crippen LogP contribution in [0.2, 0.25) is 0 Å². The van der Waals surface area contributed by atoms with E-state index in [1.165, 1.54) is 0 Å². The van der Waals surface area contributed by atoms with Crippen LogP contribution in [0.5, 0.6) is 0 Å². The zero-order valence-corrected chi connectivity index (χ0v) is 7.66. The predicted molar refractivity (Wildman–Crippen MR) is 45.6 cm³/mol. The molecule has 0 radical (unpaired) electrons. The molecule has 0 aliphatic heterocycles. The van der Waals surface area contributed by atoms with Crippen LogP contribution in [0, 0.1) is 5.92 Å². The lowest BCUT2D eigenvalue weighted by Gasteiger charge is -2.04. The minimum atomic E-state index is 0.649. The Kier molecular flexibility index (Phi) is 7.54. The Morgan fingerprint density at radius 1 is 1.30 bits per heavy atom. The van der Waals surface area contributed by atoms with Gasteiger partial charge in [0, 0.05) is 19.1 Å². The third kappa shape index (κ3) is 8.25. The van der Waals surface area contributed by atoms with Gasteiger partial charge in [-0.25, -0.2) is 0 Å². The lowest BCUT2D eigenvalue weighted by molar-refractivity contribution is 0.107. The van der Waals surface area contributed by atoms with Crippen molar-refractivity contribution in [3.05, 3.63) is 0 Å². The molecule has 0 heterocycles. The summed E-state index contributed by atoms with van der Waals surface area (Å²) in [6.07, 6.45) is 2.16. The number of unbranched alkanes of at least 4 members (excludes halogenated alkanes) is 1. The summed E-state index contributed by atoms with van der Waals surface area (Å²) in [4.78, 5) is 0. The fourth-order valence-corrected chi connectivity index (χ4v) is 0.807. The lowest BCUT2D eigenvalue weighted by Crippen LogP contribution is -2.02. The molecule has 0 aliphatic rings. The summed E-state index contributed by atoms with van der Waals surface area (Å²) in [6, 6.07) is 0. The predicted octanol–water partition coefficient (Wildman–Crippen LogP) is 2.68. The smallest absolute Gasteiger partial charge is 0.0488 e. The van der Waals surface area contributed by atoms with E-state index in [0.717, 1.165) is 31.9 Å². The highest BCUT2D eigenvalue weighted by molar-refractivity contribution is 6.17. The molecule has 0 amide bonds. The first-order valence-electron chi connectivity index (χ1n) is 3.91. The van der Waals surface area contributed by atoms with Gasteiger partial charge in [0.2, 0.25) is 0 Å². The van der Waals surface area contributed by atoms with Crippen LogP contribution in [0.15, 0.2) is 0 Å². The highest BCUT2D eigenvalue weighted by atomic mass is 35.5. The van der Waals surface area contributed by atoms with Crippen LogP contribution in [-0.4, -0.2) is 19.1 Å². The van der Waals surface area contributed by atoms with Crippen molar-refractivity contribution in [2.45, 2.75) is 26.7 Å². The molecule has 0 aromatic rings.